The predicted molar refractivity (Wildman–Crippen MR) is 128 cm³/mol. The Morgan fingerprint density at radius 1 is 1.00 bits per heavy atom. The summed E-state index contributed by atoms with van der Waals surface area (Å²) < 4.78 is 38.7. The van der Waals surface area contributed by atoms with Gasteiger partial charge in [0, 0.05) is 35.2 Å². The number of ketones is 1. The standard InChI is InChI=1S/C27H24ClF2NO4/c1-34-25-14-18(6-9-24(25)35-16-19-4-2-3-5-22(19)28)27(33)31-12-10-17(11-13-31)26(32)21-15-20(29)7-8-23(21)30/h2-9,14-15,17H,10-13,16H2,1H3. The van der Waals surface area contributed by atoms with Crippen molar-refractivity contribution < 1.29 is 27.8 Å². The fourth-order valence-electron chi connectivity index (χ4n) is 4.12. The number of likely N-dealkylation sites (tertiary alicyclic amines) is 1. The zero-order valence-corrected chi connectivity index (χ0v) is 19.9. The summed E-state index contributed by atoms with van der Waals surface area (Å²) >= 11 is 6.18. The topological polar surface area (TPSA) is 55.8 Å². The predicted octanol–water partition coefficient (Wildman–Crippen LogP) is 5.94. The molecule has 1 amide bonds. The van der Waals surface area contributed by atoms with Crippen LogP contribution in [-0.2, 0) is 6.61 Å². The molecule has 3 aromatic rings. The monoisotopic (exact) mass is 499 g/mol. The number of piperidine rings is 1. The Bertz CT molecular complexity index is 1240. The number of hydrogen-bond acceptors (Lipinski definition) is 4. The molecule has 0 atom stereocenters. The van der Waals surface area contributed by atoms with Crippen LogP contribution in [0.4, 0.5) is 8.78 Å². The van der Waals surface area contributed by atoms with Crippen molar-refractivity contribution in [1.82, 2.24) is 4.90 Å². The van der Waals surface area contributed by atoms with Crippen molar-refractivity contribution in [2.24, 2.45) is 5.92 Å². The summed E-state index contributed by atoms with van der Waals surface area (Å²) in [6, 6.07) is 15.2. The molecule has 0 N–H and O–H groups in total. The number of hydrogen-bond donors (Lipinski definition) is 0. The largest absolute Gasteiger partial charge is 0.493 e. The molecule has 1 aliphatic rings. The Labute approximate surface area is 207 Å². The Kier molecular flexibility index (Phi) is 7.66. The van der Waals surface area contributed by atoms with E-state index in [2.05, 4.69) is 0 Å². The lowest BCUT2D eigenvalue weighted by Crippen LogP contribution is -2.40. The molecule has 0 aromatic heterocycles. The summed E-state index contributed by atoms with van der Waals surface area (Å²) in [5.41, 5.74) is 1.01. The molecule has 0 saturated carbocycles. The smallest absolute Gasteiger partial charge is 0.253 e. The number of Topliss-reactive ketones (excluding diaryl/α,β-unsaturated/α-hetero) is 1. The molecule has 0 unspecified atom stereocenters. The fourth-order valence-corrected chi connectivity index (χ4v) is 4.31. The van der Waals surface area contributed by atoms with Gasteiger partial charge in [0.05, 0.1) is 12.7 Å². The summed E-state index contributed by atoms with van der Waals surface area (Å²) in [7, 11) is 1.49. The maximum atomic E-state index is 14.0. The Morgan fingerprint density at radius 3 is 2.46 bits per heavy atom. The van der Waals surface area contributed by atoms with Crippen LogP contribution in [-0.4, -0.2) is 36.8 Å². The maximum Gasteiger partial charge on any atom is 0.253 e. The van der Waals surface area contributed by atoms with E-state index in [0.29, 0.717) is 48.0 Å². The summed E-state index contributed by atoms with van der Waals surface area (Å²) in [5.74, 6) is -1.61. The Morgan fingerprint density at radius 2 is 1.74 bits per heavy atom. The molecule has 1 heterocycles. The molecule has 182 valence electrons. The first-order chi connectivity index (χ1) is 16.9. The van der Waals surface area contributed by atoms with Crippen molar-refractivity contribution >= 4 is 23.3 Å². The SMILES string of the molecule is COc1cc(C(=O)N2CCC(C(=O)c3cc(F)ccc3F)CC2)ccc1OCc1ccccc1Cl. The second-order valence-electron chi connectivity index (χ2n) is 8.30. The van der Waals surface area contributed by atoms with Crippen LogP contribution in [0.3, 0.4) is 0 Å². The van der Waals surface area contributed by atoms with E-state index in [1.807, 2.05) is 18.2 Å². The lowest BCUT2D eigenvalue weighted by atomic mass is 9.88. The van der Waals surface area contributed by atoms with Crippen molar-refractivity contribution in [3.05, 3.63) is 94.0 Å². The highest BCUT2D eigenvalue weighted by molar-refractivity contribution is 6.31. The van der Waals surface area contributed by atoms with Gasteiger partial charge in [0.25, 0.3) is 5.91 Å². The van der Waals surface area contributed by atoms with Crippen LogP contribution in [0, 0.1) is 17.6 Å². The number of carbonyl (C=O) groups excluding carboxylic acids is 2. The third-order valence-corrected chi connectivity index (χ3v) is 6.47. The fraction of sp³-hybridized carbons (Fsp3) is 0.259. The number of rotatable bonds is 7. The molecule has 0 aliphatic carbocycles. The van der Waals surface area contributed by atoms with E-state index < -0.39 is 23.3 Å². The van der Waals surface area contributed by atoms with Crippen LogP contribution >= 0.6 is 11.6 Å². The van der Waals surface area contributed by atoms with Gasteiger partial charge in [-0.25, -0.2) is 8.78 Å². The second kappa shape index (κ2) is 10.9. The first-order valence-corrected chi connectivity index (χ1v) is 11.6. The van der Waals surface area contributed by atoms with Gasteiger partial charge in [-0.05, 0) is 55.3 Å². The minimum atomic E-state index is -0.737. The Balaban J connectivity index is 1.39. The zero-order valence-electron chi connectivity index (χ0n) is 19.1. The summed E-state index contributed by atoms with van der Waals surface area (Å²) in [4.78, 5) is 27.4. The van der Waals surface area contributed by atoms with Gasteiger partial charge in [0.2, 0.25) is 0 Å². The van der Waals surface area contributed by atoms with Crippen LogP contribution in [0.2, 0.25) is 5.02 Å². The molecule has 8 heteroatoms. The van der Waals surface area contributed by atoms with E-state index >= 15 is 0 Å². The second-order valence-corrected chi connectivity index (χ2v) is 8.71. The molecule has 5 nitrogen and oxygen atoms in total. The summed E-state index contributed by atoms with van der Waals surface area (Å²) in [6.45, 7) is 0.912. The van der Waals surface area contributed by atoms with Gasteiger partial charge in [-0.2, -0.15) is 0 Å². The highest BCUT2D eigenvalue weighted by Crippen LogP contribution is 2.31. The highest BCUT2D eigenvalue weighted by Gasteiger charge is 2.30. The number of nitrogens with zero attached hydrogens (tertiary/aromatic N) is 1. The van der Waals surface area contributed by atoms with E-state index in [9.17, 15) is 18.4 Å². The number of benzene rings is 3. The first kappa shape index (κ1) is 24.7. The van der Waals surface area contributed by atoms with Crippen molar-refractivity contribution in [3.8, 4) is 11.5 Å². The minimum Gasteiger partial charge on any atom is -0.493 e. The van der Waals surface area contributed by atoms with Gasteiger partial charge in [0.15, 0.2) is 17.3 Å². The molecule has 1 fully saturated rings. The van der Waals surface area contributed by atoms with Crippen LogP contribution < -0.4 is 9.47 Å². The van der Waals surface area contributed by atoms with Gasteiger partial charge in [-0.1, -0.05) is 29.8 Å². The molecule has 0 spiro atoms. The van der Waals surface area contributed by atoms with Gasteiger partial charge < -0.3 is 14.4 Å². The number of ether oxygens (including phenoxy) is 2. The lowest BCUT2D eigenvalue weighted by Gasteiger charge is -2.31. The molecule has 1 saturated heterocycles. The molecule has 1 aliphatic heterocycles. The average molecular weight is 500 g/mol. The minimum absolute atomic E-state index is 0.205. The van der Waals surface area contributed by atoms with Crippen LogP contribution in [0.15, 0.2) is 60.7 Å². The van der Waals surface area contributed by atoms with Gasteiger partial charge in [-0.15, -0.1) is 0 Å². The van der Waals surface area contributed by atoms with Gasteiger partial charge in [0.1, 0.15) is 18.2 Å². The molecule has 35 heavy (non-hydrogen) atoms. The Hall–Kier alpha value is -3.45. The van der Waals surface area contributed by atoms with E-state index in [1.54, 1.807) is 29.2 Å². The molecule has 4 rings (SSSR count). The third-order valence-electron chi connectivity index (χ3n) is 6.10. The van der Waals surface area contributed by atoms with Crippen LogP contribution in [0.25, 0.3) is 0 Å². The van der Waals surface area contributed by atoms with Crippen LogP contribution in [0.1, 0.15) is 39.1 Å². The van der Waals surface area contributed by atoms with Crippen molar-refractivity contribution in [3.63, 3.8) is 0 Å². The normalized spacial score (nSPS) is 14.0. The van der Waals surface area contributed by atoms with Crippen molar-refractivity contribution in [1.29, 1.82) is 0 Å². The molecule has 0 bridgehead atoms. The lowest BCUT2D eigenvalue weighted by molar-refractivity contribution is 0.0648. The van der Waals surface area contributed by atoms with Crippen LogP contribution in [0.5, 0.6) is 11.5 Å². The molecular weight excluding hydrogens is 476 g/mol. The van der Waals surface area contributed by atoms with E-state index in [4.69, 9.17) is 21.1 Å². The van der Waals surface area contributed by atoms with Gasteiger partial charge in [-0.3, -0.25) is 9.59 Å². The van der Waals surface area contributed by atoms with E-state index in [0.717, 1.165) is 23.8 Å². The third kappa shape index (κ3) is 5.62. The molecular formula is C27H24ClF2NO4. The molecule has 3 aromatic carbocycles. The van der Waals surface area contributed by atoms with Crippen molar-refractivity contribution in [2.75, 3.05) is 20.2 Å². The quantitative estimate of drug-likeness (QED) is 0.377. The number of halogens is 3. The zero-order chi connectivity index (χ0) is 24.9. The van der Waals surface area contributed by atoms with E-state index in [1.165, 1.54) is 7.11 Å². The molecule has 0 radical (unpaired) electrons. The maximum absolute atomic E-state index is 14.0. The van der Waals surface area contributed by atoms with Crippen molar-refractivity contribution in [2.45, 2.75) is 19.4 Å². The summed E-state index contributed by atoms with van der Waals surface area (Å²) in [5, 5.41) is 0.597. The first-order valence-electron chi connectivity index (χ1n) is 11.2. The number of methoxy groups -OCH3 is 1. The number of amides is 1. The van der Waals surface area contributed by atoms with Gasteiger partial charge >= 0.3 is 0 Å². The summed E-state index contributed by atoms with van der Waals surface area (Å²) in [6.07, 6.45) is 0.743. The van der Waals surface area contributed by atoms with E-state index in [-0.39, 0.29) is 18.1 Å². The average Bonchev–Trinajstić information content (AvgIpc) is 2.88. The highest BCUT2D eigenvalue weighted by atomic mass is 35.5. The number of carbonyl (C=O) groups is 2.